The van der Waals surface area contributed by atoms with Gasteiger partial charge < -0.3 is 5.32 Å². The van der Waals surface area contributed by atoms with Crippen LogP contribution >= 0.6 is 0 Å². The van der Waals surface area contributed by atoms with E-state index < -0.39 is 0 Å². The van der Waals surface area contributed by atoms with E-state index in [1.54, 1.807) is 6.20 Å². The number of likely N-dealkylation sites (tertiary alicyclic amines) is 1. The lowest BCUT2D eigenvalue weighted by molar-refractivity contribution is 0.240. The van der Waals surface area contributed by atoms with Crippen LogP contribution in [0.2, 0.25) is 0 Å². The van der Waals surface area contributed by atoms with E-state index in [2.05, 4.69) is 33.7 Å². The van der Waals surface area contributed by atoms with E-state index in [1.165, 1.54) is 0 Å². The molecule has 1 fully saturated rings. The van der Waals surface area contributed by atoms with Crippen molar-refractivity contribution in [1.82, 2.24) is 19.9 Å². The van der Waals surface area contributed by atoms with Crippen molar-refractivity contribution < 1.29 is 0 Å². The first-order valence-electron chi connectivity index (χ1n) is 8.54. The van der Waals surface area contributed by atoms with Crippen molar-refractivity contribution in [3.63, 3.8) is 0 Å². The largest absolute Gasteiger partial charge is 0.367 e. The van der Waals surface area contributed by atoms with Crippen LogP contribution in [0.5, 0.6) is 0 Å². The summed E-state index contributed by atoms with van der Waals surface area (Å²) < 4.78 is 0. The van der Waals surface area contributed by atoms with Gasteiger partial charge in [0.05, 0.1) is 0 Å². The van der Waals surface area contributed by atoms with Crippen molar-refractivity contribution in [3.8, 4) is 11.5 Å². The summed E-state index contributed by atoms with van der Waals surface area (Å²) in [6, 6.07) is 6.27. The van der Waals surface area contributed by atoms with Crippen LogP contribution in [0.25, 0.3) is 11.5 Å². The van der Waals surface area contributed by atoms with Crippen LogP contribution < -0.4 is 5.32 Å². The van der Waals surface area contributed by atoms with Crippen molar-refractivity contribution in [1.29, 1.82) is 0 Å². The zero-order chi connectivity index (χ0) is 16.9. The molecular formula is C19H25N5. The molecule has 0 saturated carbocycles. The number of hydrogen-bond donors (Lipinski definition) is 1. The Morgan fingerprint density at radius 3 is 2.71 bits per heavy atom. The third-order valence-electron chi connectivity index (χ3n) is 4.60. The molecule has 3 heterocycles. The zero-order valence-electron chi connectivity index (χ0n) is 14.5. The van der Waals surface area contributed by atoms with Crippen LogP contribution in [0.15, 0.2) is 37.1 Å². The highest BCUT2D eigenvalue weighted by atomic mass is 15.1. The lowest BCUT2D eigenvalue weighted by Gasteiger charge is -2.32. The minimum atomic E-state index is 0.454. The van der Waals surface area contributed by atoms with Gasteiger partial charge in [0.2, 0.25) is 0 Å². The zero-order valence-corrected chi connectivity index (χ0v) is 14.5. The normalized spacial score (nSPS) is 16.1. The molecule has 0 aromatic carbocycles. The monoisotopic (exact) mass is 323 g/mol. The highest BCUT2D eigenvalue weighted by Crippen LogP contribution is 2.23. The molecule has 1 aliphatic rings. The smallest absolute Gasteiger partial charge is 0.180 e. The number of hydrogen-bond acceptors (Lipinski definition) is 5. The fraction of sp³-hybridized carbons (Fsp3) is 0.421. The Kier molecular flexibility index (Phi) is 5.20. The summed E-state index contributed by atoms with van der Waals surface area (Å²) in [6.45, 7) is 11.1. The molecule has 0 bridgehead atoms. The van der Waals surface area contributed by atoms with Crippen LogP contribution in [0.4, 0.5) is 5.82 Å². The molecule has 0 amide bonds. The number of aryl methyl sites for hydroxylation is 1. The van der Waals surface area contributed by atoms with Crippen molar-refractivity contribution in [3.05, 3.63) is 48.3 Å². The summed E-state index contributed by atoms with van der Waals surface area (Å²) in [4.78, 5) is 16.1. The molecule has 0 spiro atoms. The summed E-state index contributed by atoms with van der Waals surface area (Å²) >= 11 is 0. The molecule has 2 aromatic rings. The van der Waals surface area contributed by atoms with Crippen molar-refractivity contribution >= 4 is 5.82 Å². The highest BCUT2D eigenvalue weighted by molar-refractivity contribution is 5.56. The average Bonchev–Trinajstić information content (AvgIpc) is 2.61. The SMILES string of the molecule is C=CCN1CCC(Nc2nc(-c3ccccn3)nc(C)c2C)CC1. The molecule has 1 saturated heterocycles. The summed E-state index contributed by atoms with van der Waals surface area (Å²) in [6.07, 6.45) is 5.99. The second kappa shape index (κ2) is 7.53. The number of anilines is 1. The molecule has 5 nitrogen and oxygen atoms in total. The maximum atomic E-state index is 4.74. The Hall–Kier alpha value is -2.27. The first-order chi connectivity index (χ1) is 11.7. The van der Waals surface area contributed by atoms with Gasteiger partial charge in [0, 0.05) is 43.1 Å². The van der Waals surface area contributed by atoms with E-state index in [4.69, 9.17) is 4.98 Å². The van der Waals surface area contributed by atoms with Gasteiger partial charge in [-0.1, -0.05) is 12.1 Å². The Balaban J connectivity index is 1.76. The van der Waals surface area contributed by atoms with Gasteiger partial charge in [-0.25, -0.2) is 9.97 Å². The van der Waals surface area contributed by atoms with Crippen molar-refractivity contribution in [2.45, 2.75) is 32.7 Å². The molecule has 0 atom stereocenters. The summed E-state index contributed by atoms with van der Waals surface area (Å²) in [5.74, 6) is 1.62. The quantitative estimate of drug-likeness (QED) is 0.856. The van der Waals surface area contributed by atoms with Gasteiger partial charge in [-0.3, -0.25) is 9.88 Å². The van der Waals surface area contributed by atoms with E-state index in [9.17, 15) is 0 Å². The number of pyridine rings is 1. The number of nitrogens with zero attached hydrogens (tertiary/aromatic N) is 4. The summed E-state index contributed by atoms with van der Waals surface area (Å²) in [7, 11) is 0. The molecule has 0 aliphatic carbocycles. The van der Waals surface area contributed by atoms with Crippen molar-refractivity contribution in [2.24, 2.45) is 0 Å². The van der Waals surface area contributed by atoms with Gasteiger partial charge in [-0.2, -0.15) is 0 Å². The molecule has 1 N–H and O–H groups in total. The minimum absolute atomic E-state index is 0.454. The predicted molar refractivity (Wildman–Crippen MR) is 98.0 cm³/mol. The molecule has 2 aromatic heterocycles. The second-order valence-electron chi connectivity index (χ2n) is 6.33. The van der Waals surface area contributed by atoms with Gasteiger partial charge in [0.1, 0.15) is 11.5 Å². The Bertz CT molecular complexity index is 690. The van der Waals surface area contributed by atoms with E-state index >= 15 is 0 Å². The topological polar surface area (TPSA) is 53.9 Å². The van der Waals surface area contributed by atoms with E-state index in [0.717, 1.165) is 55.2 Å². The van der Waals surface area contributed by atoms with E-state index in [0.29, 0.717) is 11.9 Å². The average molecular weight is 323 g/mol. The second-order valence-corrected chi connectivity index (χ2v) is 6.33. The Morgan fingerprint density at radius 1 is 1.25 bits per heavy atom. The number of nitrogens with one attached hydrogen (secondary N) is 1. The minimum Gasteiger partial charge on any atom is -0.367 e. The fourth-order valence-corrected chi connectivity index (χ4v) is 3.01. The predicted octanol–water partition coefficient (Wildman–Crippen LogP) is 3.22. The first kappa shape index (κ1) is 16.6. The van der Waals surface area contributed by atoms with Crippen LogP contribution in [-0.2, 0) is 0 Å². The summed E-state index contributed by atoms with van der Waals surface area (Å²) in [5.41, 5.74) is 2.92. The summed E-state index contributed by atoms with van der Waals surface area (Å²) in [5, 5.41) is 3.63. The highest BCUT2D eigenvalue weighted by Gasteiger charge is 2.20. The third kappa shape index (κ3) is 3.79. The Morgan fingerprint density at radius 2 is 2.04 bits per heavy atom. The molecule has 24 heavy (non-hydrogen) atoms. The van der Waals surface area contributed by atoms with E-state index in [-0.39, 0.29) is 0 Å². The van der Waals surface area contributed by atoms with Gasteiger partial charge in [-0.05, 0) is 38.8 Å². The van der Waals surface area contributed by atoms with Gasteiger partial charge >= 0.3 is 0 Å². The van der Waals surface area contributed by atoms with Crippen LogP contribution in [0.1, 0.15) is 24.1 Å². The van der Waals surface area contributed by atoms with Crippen LogP contribution in [0.3, 0.4) is 0 Å². The van der Waals surface area contributed by atoms with Gasteiger partial charge in [0.25, 0.3) is 0 Å². The number of aromatic nitrogens is 3. The molecule has 126 valence electrons. The van der Waals surface area contributed by atoms with Crippen molar-refractivity contribution in [2.75, 3.05) is 25.0 Å². The molecule has 3 rings (SSSR count). The standard InChI is InChI=1S/C19H25N5/c1-4-11-24-12-8-16(9-13-24)22-18-14(2)15(3)21-19(23-18)17-7-5-6-10-20-17/h4-7,10,16H,1,8-9,11-13H2,2-3H3,(H,21,22,23). The van der Waals surface area contributed by atoms with E-state index in [1.807, 2.05) is 31.2 Å². The molecule has 0 radical (unpaired) electrons. The molecule has 1 aliphatic heterocycles. The number of piperidine rings is 1. The maximum Gasteiger partial charge on any atom is 0.180 e. The first-order valence-corrected chi connectivity index (χ1v) is 8.54. The maximum absolute atomic E-state index is 4.74. The molecule has 0 unspecified atom stereocenters. The Labute approximate surface area is 143 Å². The third-order valence-corrected chi connectivity index (χ3v) is 4.60. The number of rotatable bonds is 5. The lowest BCUT2D eigenvalue weighted by Crippen LogP contribution is -2.39. The van der Waals surface area contributed by atoms with Crippen LogP contribution in [0, 0.1) is 13.8 Å². The fourth-order valence-electron chi connectivity index (χ4n) is 3.01. The van der Waals surface area contributed by atoms with Gasteiger partial charge in [-0.15, -0.1) is 6.58 Å². The molecule has 5 heteroatoms. The lowest BCUT2D eigenvalue weighted by atomic mass is 10.0. The molecular weight excluding hydrogens is 298 g/mol. The van der Waals surface area contributed by atoms with Gasteiger partial charge in [0.15, 0.2) is 5.82 Å². The van der Waals surface area contributed by atoms with Crippen LogP contribution in [-0.4, -0.2) is 45.5 Å².